The second kappa shape index (κ2) is 36.1. The number of aromatic hydroxyl groups is 6. The van der Waals surface area contributed by atoms with Crippen LogP contribution in [0.5, 0.6) is 34.5 Å². The van der Waals surface area contributed by atoms with Crippen LogP contribution in [-0.4, -0.2) is 79.5 Å². The fourth-order valence-electron chi connectivity index (χ4n) is 12.7. The summed E-state index contributed by atoms with van der Waals surface area (Å²) >= 11 is 0. The van der Waals surface area contributed by atoms with Crippen molar-refractivity contribution in [1.82, 2.24) is 14.1 Å². The van der Waals surface area contributed by atoms with Crippen molar-refractivity contribution in [3.8, 4) is 34.5 Å². The number of carbonyl (C=O) groups is 6. The Hall–Kier alpha value is -11.7. The fourth-order valence-corrected chi connectivity index (χ4v) is 12.7. The first-order chi connectivity index (χ1) is 50.1. The van der Waals surface area contributed by atoms with Crippen LogP contribution in [0.15, 0.2) is 231 Å². The molecule has 106 heavy (non-hydrogen) atoms. The van der Waals surface area contributed by atoms with Crippen molar-refractivity contribution in [2.24, 2.45) is 0 Å². The number of imidazole rings is 1. The van der Waals surface area contributed by atoms with E-state index in [4.69, 9.17) is 0 Å². The van der Waals surface area contributed by atoms with E-state index in [9.17, 15) is 59.4 Å². The topological polar surface area (TPSA) is 247 Å². The Morgan fingerprint density at radius 3 is 0.830 bits per heavy atom. The van der Waals surface area contributed by atoms with Crippen LogP contribution in [0.1, 0.15) is 151 Å². The van der Waals surface area contributed by atoms with Crippen molar-refractivity contribution >= 4 is 34.7 Å². The highest BCUT2D eigenvalue weighted by atomic mass is 16.3. The molecule has 0 saturated heterocycles. The summed E-state index contributed by atoms with van der Waals surface area (Å²) in [5.41, 5.74) is 20.5. The number of benzene rings is 7. The van der Waals surface area contributed by atoms with Crippen molar-refractivity contribution in [2.45, 2.75) is 163 Å². The van der Waals surface area contributed by atoms with Crippen molar-refractivity contribution in [3.05, 3.63) is 320 Å². The quantitative estimate of drug-likeness (QED) is 0.0493. The van der Waals surface area contributed by atoms with Gasteiger partial charge in [-0.2, -0.15) is 0 Å². The molecule has 0 bridgehead atoms. The molecule has 0 amide bonds. The van der Waals surface area contributed by atoms with E-state index in [-0.39, 0.29) is 57.7 Å². The summed E-state index contributed by atoms with van der Waals surface area (Å²) in [5.74, 6) is 1.68. The van der Waals surface area contributed by atoms with Gasteiger partial charge in [0.15, 0.2) is 34.7 Å². The van der Waals surface area contributed by atoms with Crippen LogP contribution in [0.4, 0.5) is 0 Å². The lowest BCUT2D eigenvalue weighted by molar-refractivity contribution is -0.116. The summed E-state index contributed by atoms with van der Waals surface area (Å²) in [6.07, 6.45) is 11.3. The Kier molecular flexibility index (Phi) is 27.8. The number of Topliss-reactive ketones (excluding diaryl/α,β-unsaturated/α-hetero) is 6. The molecular weight excluding hydrogens is 1330 g/mol. The predicted octanol–water partition coefficient (Wildman–Crippen LogP) is 17.9. The van der Waals surface area contributed by atoms with Gasteiger partial charge >= 0.3 is 0 Å². The van der Waals surface area contributed by atoms with E-state index in [2.05, 4.69) is 4.98 Å². The van der Waals surface area contributed by atoms with E-state index >= 15 is 0 Å². The van der Waals surface area contributed by atoms with E-state index in [0.717, 1.165) is 89.0 Å². The zero-order chi connectivity index (χ0) is 78.3. The van der Waals surface area contributed by atoms with Gasteiger partial charge in [0.1, 0.15) is 34.5 Å². The third-order valence-electron chi connectivity index (χ3n) is 20.8. The molecule has 0 saturated carbocycles. The molecule has 2 aromatic heterocycles. The van der Waals surface area contributed by atoms with Gasteiger partial charge < -0.3 is 39.8 Å². The van der Waals surface area contributed by atoms with Gasteiger partial charge in [0, 0.05) is 134 Å². The zero-order valence-electron chi connectivity index (χ0n) is 64.3. The Labute approximate surface area is 623 Å². The maximum Gasteiger partial charge on any atom is 0.187 e. The second-order valence-electron chi connectivity index (χ2n) is 27.4. The Balaban J connectivity index is 0.000000178. The van der Waals surface area contributed by atoms with Crippen LogP contribution in [-0.2, 0) is 67.5 Å². The number of rotatable bonds is 12. The molecule has 0 atom stereocenters. The molecule has 0 unspecified atom stereocenters. The highest BCUT2D eigenvalue weighted by Gasteiger charge is 2.31. The van der Waals surface area contributed by atoms with Gasteiger partial charge in [0.05, 0.1) is 19.4 Å². The van der Waals surface area contributed by atoms with Crippen LogP contribution < -0.4 is 0 Å². The van der Waals surface area contributed by atoms with Crippen molar-refractivity contribution < 1.29 is 59.4 Å². The number of hydrogen-bond donors (Lipinski definition) is 6. The molecule has 550 valence electrons. The summed E-state index contributed by atoms with van der Waals surface area (Å²) in [6, 6.07) is 43.2. The van der Waals surface area contributed by atoms with Gasteiger partial charge in [0.25, 0.3) is 0 Å². The molecule has 0 spiro atoms. The number of ketones is 6. The van der Waals surface area contributed by atoms with E-state index in [1.807, 2.05) is 210 Å². The SMILES string of the molecule is CC1=C(C)C(=O)C(Cc2ccccc2)=C(C)C1=O.CC1=C(C)C(=O)C(Cc2ccccc2)=C(C)C1=O.CC1=C(C)C(=O)C(Cn2cccc2)=C(C)C1=O.Cc1c(C)c(O)c(Cc2ccccc2)c(C)c1O.Cc1c(C)c(O)c(Cc2ccccc2)c(C)c1O.Cc1c(C)c(O)c(Cn2ccnc2)c(C)c1O. The van der Waals surface area contributed by atoms with Crippen LogP contribution in [0.2, 0.25) is 0 Å². The Morgan fingerprint density at radius 2 is 0.519 bits per heavy atom. The van der Waals surface area contributed by atoms with Gasteiger partial charge in [-0.15, -0.1) is 0 Å². The molecule has 9 aromatic rings. The minimum absolute atomic E-state index is 0.00182. The van der Waals surface area contributed by atoms with Crippen LogP contribution in [0.25, 0.3) is 0 Å². The molecule has 15 heteroatoms. The van der Waals surface area contributed by atoms with Crippen LogP contribution in [0.3, 0.4) is 0 Å². The lowest BCUT2D eigenvalue weighted by Gasteiger charge is -2.18. The van der Waals surface area contributed by atoms with Crippen molar-refractivity contribution in [3.63, 3.8) is 0 Å². The molecule has 15 nitrogen and oxygen atoms in total. The third-order valence-corrected chi connectivity index (χ3v) is 20.8. The number of phenols is 6. The predicted molar refractivity (Wildman–Crippen MR) is 420 cm³/mol. The maximum atomic E-state index is 12.2. The Bertz CT molecular complexity index is 4720. The van der Waals surface area contributed by atoms with E-state index in [0.29, 0.717) is 117 Å². The molecule has 7 aromatic carbocycles. The molecule has 0 radical (unpaired) electrons. The normalized spacial score (nSPS) is 13.7. The summed E-state index contributed by atoms with van der Waals surface area (Å²) in [5, 5.41) is 60.7. The fraction of sp³-hybridized carbons (Fsp3) is 0.264. The summed E-state index contributed by atoms with van der Waals surface area (Å²) in [7, 11) is 0. The average molecular weight is 1430 g/mol. The summed E-state index contributed by atoms with van der Waals surface area (Å²) in [6.45, 7) is 33.0. The molecule has 0 aliphatic heterocycles. The van der Waals surface area contributed by atoms with Crippen LogP contribution >= 0.6 is 0 Å². The molecule has 3 aliphatic rings. The van der Waals surface area contributed by atoms with E-state index < -0.39 is 0 Å². The van der Waals surface area contributed by atoms with E-state index in [1.165, 1.54) is 0 Å². The number of carbonyl (C=O) groups excluding carboxylic acids is 6. The highest BCUT2D eigenvalue weighted by molar-refractivity contribution is 6.26. The molecule has 12 rings (SSSR count). The van der Waals surface area contributed by atoms with Crippen molar-refractivity contribution in [1.29, 1.82) is 0 Å². The van der Waals surface area contributed by atoms with Crippen molar-refractivity contribution in [2.75, 3.05) is 0 Å². The van der Waals surface area contributed by atoms with Gasteiger partial charge in [-0.3, -0.25) is 28.8 Å². The number of nitrogens with zero attached hydrogens (tertiary/aromatic N) is 3. The number of aromatic nitrogens is 3. The first kappa shape index (κ1) is 81.6. The second-order valence-corrected chi connectivity index (χ2v) is 27.4. The lowest BCUT2D eigenvalue weighted by atomic mass is 9.83. The lowest BCUT2D eigenvalue weighted by Crippen LogP contribution is -2.23. The summed E-state index contributed by atoms with van der Waals surface area (Å²) < 4.78 is 3.76. The first-order valence-corrected chi connectivity index (χ1v) is 35.3. The monoisotopic (exact) mass is 1430 g/mol. The molecule has 3 aliphatic carbocycles. The third kappa shape index (κ3) is 18.8. The largest absolute Gasteiger partial charge is 0.507 e. The average Bonchev–Trinajstić information content (AvgIpc) is 0.893. The highest BCUT2D eigenvalue weighted by Crippen LogP contribution is 2.40. The van der Waals surface area contributed by atoms with Crippen LogP contribution in [0, 0.1) is 62.3 Å². The number of phenolic OH excluding ortho intramolecular Hbond substituents is 6. The van der Waals surface area contributed by atoms with Gasteiger partial charge in [-0.05, 0) is 209 Å². The number of allylic oxidation sites excluding steroid dienone is 12. The van der Waals surface area contributed by atoms with E-state index in [1.54, 1.807) is 88.7 Å². The minimum atomic E-state index is -0.00995. The molecule has 0 fully saturated rings. The summed E-state index contributed by atoms with van der Waals surface area (Å²) in [4.78, 5) is 76.5. The first-order valence-electron chi connectivity index (χ1n) is 35.3. The molecule has 6 N–H and O–H groups in total. The molecule has 2 heterocycles. The standard InChI is InChI=1S/2C16H18O2.2C16H16O2.C14H15NO2.C13H16N2O2/c4*1-10-11(2)16(18)14(12(3)15(10)17)9-13-7-5-4-6-8-13;1-9-10(2)14(17)12(11(3)13(9)16)8-15-6-4-5-7-15;1-8-9(2)13(17)11(10(3)12(8)16)6-15-5-4-14-7-15/h2*4-8,17-18H,9H2,1-3H3;2*4-8H,9H2,1-3H3;4-7H,8H2,1-3H3;4-5,7,16-17H,6H2,1-3H3. The minimum Gasteiger partial charge on any atom is -0.507 e. The Morgan fingerprint density at radius 1 is 0.255 bits per heavy atom. The number of hydrogen-bond acceptors (Lipinski definition) is 13. The maximum absolute atomic E-state index is 12.2. The smallest absolute Gasteiger partial charge is 0.187 e. The van der Waals surface area contributed by atoms with Gasteiger partial charge in [0.2, 0.25) is 0 Å². The van der Waals surface area contributed by atoms with Gasteiger partial charge in [-0.25, -0.2) is 4.98 Å². The van der Waals surface area contributed by atoms with Gasteiger partial charge in [-0.1, -0.05) is 121 Å². The molecular formula is C91H99N3O12. The zero-order valence-corrected chi connectivity index (χ0v) is 64.3.